The highest BCUT2D eigenvalue weighted by molar-refractivity contribution is 7.80. The van der Waals surface area contributed by atoms with Crippen molar-refractivity contribution >= 4 is 47.0 Å². The molecule has 1 saturated carbocycles. The molecule has 0 unspecified atom stereocenters. The number of rotatable bonds is 15. The van der Waals surface area contributed by atoms with Crippen molar-refractivity contribution in [2.24, 2.45) is 5.92 Å². The summed E-state index contributed by atoms with van der Waals surface area (Å²) >= 11 is 5.39. The summed E-state index contributed by atoms with van der Waals surface area (Å²) in [6, 6.07) is -1.62. The molecule has 1 fully saturated rings. The molecule has 9 nitrogen and oxygen atoms in total. The van der Waals surface area contributed by atoms with E-state index < -0.39 is 29.7 Å². The standard InChI is InChI=1S/C21H34N4O5S/c1-13(2)30-21(29)18(10-9-16(27)12-22)24-19(28)17(25-20(31)15-7-8-15)6-4-5-11-23-14(3)26/h12-13,15,17-18,22H,4-11H2,1-3H3,(H,23,26)(H,24,28)(H,25,31)/t17-,18-/m0/s1. The Morgan fingerprint density at radius 1 is 1.10 bits per heavy atom. The molecule has 10 heteroatoms. The Morgan fingerprint density at radius 2 is 1.77 bits per heavy atom. The maximum Gasteiger partial charge on any atom is 0.328 e. The van der Waals surface area contributed by atoms with E-state index in [2.05, 4.69) is 16.0 Å². The molecule has 0 radical (unpaired) electrons. The van der Waals surface area contributed by atoms with Crippen LogP contribution in [0.4, 0.5) is 0 Å². The fraction of sp³-hybridized carbons (Fsp3) is 0.714. The van der Waals surface area contributed by atoms with Crippen LogP contribution in [0.25, 0.3) is 0 Å². The molecule has 174 valence electrons. The average Bonchev–Trinajstić information content (AvgIpc) is 3.53. The minimum absolute atomic E-state index is 0.0447. The van der Waals surface area contributed by atoms with E-state index in [9.17, 15) is 19.2 Å². The molecule has 0 heterocycles. The zero-order valence-electron chi connectivity index (χ0n) is 18.5. The second-order valence-corrected chi connectivity index (χ2v) is 8.45. The van der Waals surface area contributed by atoms with E-state index in [-0.39, 0.29) is 30.8 Å². The van der Waals surface area contributed by atoms with Crippen molar-refractivity contribution in [2.75, 3.05) is 6.54 Å². The van der Waals surface area contributed by atoms with Gasteiger partial charge in [0, 0.05) is 25.8 Å². The first kappa shape index (κ1) is 26.7. The minimum atomic E-state index is -0.989. The van der Waals surface area contributed by atoms with Crippen LogP contribution in [0.3, 0.4) is 0 Å². The number of ether oxygens (including phenoxy) is 1. The fourth-order valence-corrected chi connectivity index (χ4v) is 3.21. The van der Waals surface area contributed by atoms with E-state index in [4.69, 9.17) is 22.4 Å². The maximum atomic E-state index is 13.0. The number of unbranched alkanes of at least 4 members (excludes halogenated alkanes) is 1. The number of ketones is 1. The summed E-state index contributed by atoms with van der Waals surface area (Å²) in [4.78, 5) is 48.5. The topological polar surface area (TPSA) is 137 Å². The van der Waals surface area contributed by atoms with Crippen LogP contribution in [-0.2, 0) is 23.9 Å². The summed E-state index contributed by atoms with van der Waals surface area (Å²) < 4.78 is 5.22. The third-order valence-corrected chi connectivity index (χ3v) is 5.12. The van der Waals surface area contributed by atoms with Crippen molar-refractivity contribution in [3.8, 4) is 0 Å². The van der Waals surface area contributed by atoms with Crippen molar-refractivity contribution in [3.05, 3.63) is 0 Å². The van der Waals surface area contributed by atoms with Crippen LogP contribution in [-0.4, -0.2) is 59.5 Å². The first-order valence-electron chi connectivity index (χ1n) is 10.7. The number of carbonyl (C=O) groups excluding carboxylic acids is 4. The normalized spacial score (nSPS) is 14.8. The van der Waals surface area contributed by atoms with Gasteiger partial charge in [-0.15, -0.1) is 0 Å². The molecule has 0 saturated heterocycles. The second-order valence-electron chi connectivity index (χ2n) is 8.01. The Bertz CT molecular complexity index is 679. The zero-order chi connectivity index (χ0) is 23.4. The second kappa shape index (κ2) is 13.8. The molecule has 1 rings (SSSR count). The fourth-order valence-electron chi connectivity index (χ4n) is 2.84. The molecule has 2 atom stereocenters. The van der Waals surface area contributed by atoms with Crippen LogP contribution in [0.1, 0.15) is 65.7 Å². The number of hydrogen-bond acceptors (Lipinski definition) is 7. The number of thiocarbonyl (C=S) groups is 1. The van der Waals surface area contributed by atoms with Crippen LogP contribution >= 0.6 is 12.2 Å². The molecular weight excluding hydrogens is 420 g/mol. The smallest absolute Gasteiger partial charge is 0.328 e. The van der Waals surface area contributed by atoms with Gasteiger partial charge in [-0.3, -0.25) is 14.4 Å². The van der Waals surface area contributed by atoms with Gasteiger partial charge in [-0.1, -0.05) is 12.2 Å². The largest absolute Gasteiger partial charge is 0.461 e. The molecule has 0 aromatic rings. The Balaban J connectivity index is 2.76. The SMILES string of the molecule is CC(=O)NCCCC[C@H](NC(=S)C1CC1)C(=O)N[C@@H](CCC(=O)C=N)C(=O)OC(C)C. The Morgan fingerprint density at radius 3 is 2.32 bits per heavy atom. The van der Waals surface area contributed by atoms with Gasteiger partial charge < -0.3 is 26.1 Å². The first-order chi connectivity index (χ1) is 14.6. The van der Waals surface area contributed by atoms with Gasteiger partial charge in [-0.05, 0) is 52.4 Å². The maximum absolute atomic E-state index is 13.0. The summed E-state index contributed by atoms with van der Waals surface area (Å²) in [6.45, 7) is 5.37. The quantitative estimate of drug-likeness (QED) is 0.127. The monoisotopic (exact) mass is 454 g/mol. The van der Waals surface area contributed by atoms with E-state index in [0.29, 0.717) is 37.0 Å². The number of Topliss-reactive ketones (excluding diaryl/α,β-unsaturated/α-hetero) is 1. The number of hydrogen-bond donors (Lipinski definition) is 4. The lowest BCUT2D eigenvalue weighted by molar-refractivity contribution is -0.151. The molecule has 0 bridgehead atoms. The van der Waals surface area contributed by atoms with E-state index in [1.165, 1.54) is 6.92 Å². The zero-order valence-corrected chi connectivity index (χ0v) is 19.3. The van der Waals surface area contributed by atoms with Crippen molar-refractivity contribution in [1.82, 2.24) is 16.0 Å². The molecule has 4 N–H and O–H groups in total. The summed E-state index contributed by atoms with van der Waals surface area (Å²) in [5.41, 5.74) is 0. The highest BCUT2D eigenvalue weighted by atomic mass is 32.1. The van der Waals surface area contributed by atoms with E-state index in [1.54, 1.807) is 13.8 Å². The number of esters is 1. The molecule has 1 aliphatic carbocycles. The molecule has 0 aromatic carbocycles. The first-order valence-corrected chi connectivity index (χ1v) is 11.1. The van der Waals surface area contributed by atoms with E-state index in [1.807, 2.05) is 0 Å². The lowest BCUT2D eigenvalue weighted by Gasteiger charge is -2.24. The number of nitrogens with one attached hydrogen (secondary N) is 4. The van der Waals surface area contributed by atoms with Crippen LogP contribution in [0.2, 0.25) is 0 Å². The molecule has 1 aliphatic rings. The number of amides is 2. The van der Waals surface area contributed by atoms with Crippen molar-refractivity contribution in [1.29, 1.82) is 5.41 Å². The summed E-state index contributed by atoms with van der Waals surface area (Å²) in [5, 5.41) is 15.5. The van der Waals surface area contributed by atoms with Gasteiger partial charge in [-0.2, -0.15) is 0 Å². The summed E-state index contributed by atoms with van der Waals surface area (Å²) in [6.07, 6.45) is 4.18. The van der Waals surface area contributed by atoms with Crippen LogP contribution in [0.5, 0.6) is 0 Å². The highest BCUT2D eigenvalue weighted by Gasteiger charge is 2.31. The summed E-state index contributed by atoms with van der Waals surface area (Å²) in [5.74, 6) is -1.25. The average molecular weight is 455 g/mol. The third-order valence-electron chi connectivity index (χ3n) is 4.67. The minimum Gasteiger partial charge on any atom is -0.461 e. The summed E-state index contributed by atoms with van der Waals surface area (Å²) in [7, 11) is 0. The highest BCUT2D eigenvalue weighted by Crippen LogP contribution is 2.30. The number of carbonyl (C=O) groups is 4. The molecule has 0 spiro atoms. The van der Waals surface area contributed by atoms with Gasteiger partial charge in [0.25, 0.3) is 0 Å². The molecule has 0 aliphatic heterocycles. The van der Waals surface area contributed by atoms with Gasteiger partial charge in [0.05, 0.1) is 17.3 Å². The van der Waals surface area contributed by atoms with Crippen molar-refractivity contribution in [3.63, 3.8) is 0 Å². The Labute approximate surface area is 188 Å². The van der Waals surface area contributed by atoms with Crippen molar-refractivity contribution < 1.29 is 23.9 Å². The lowest BCUT2D eigenvalue weighted by atomic mass is 10.1. The van der Waals surface area contributed by atoms with Gasteiger partial charge in [0.1, 0.15) is 12.1 Å². The molecule has 0 aromatic heterocycles. The molecular formula is C21H34N4O5S. The lowest BCUT2D eigenvalue weighted by Crippen LogP contribution is -2.52. The van der Waals surface area contributed by atoms with Crippen LogP contribution in [0.15, 0.2) is 0 Å². The predicted molar refractivity (Wildman–Crippen MR) is 121 cm³/mol. The predicted octanol–water partition coefficient (Wildman–Crippen LogP) is 1.42. The Kier molecular flexibility index (Phi) is 11.9. The third kappa shape index (κ3) is 11.6. The Hall–Kier alpha value is -2.36. The van der Waals surface area contributed by atoms with Crippen LogP contribution < -0.4 is 16.0 Å². The molecule has 2 amide bonds. The van der Waals surface area contributed by atoms with Gasteiger partial charge >= 0.3 is 5.97 Å². The van der Waals surface area contributed by atoms with Crippen molar-refractivity contribution in [2.45, 2.75) is 83.9 Å². The van der Waals surface area contributed by atoms with Gasteiger partial charge in [0.2, 0.25) is 11.8 Å². The van der Waals surface area contributed by atoms with Gasteiger partial charge in [0.15, 0.2) is 5.78 Å². The van der Waals surface area contributed by atoms with E-state index in [0.717, 1.165) is 12.8 Å². The van der Waals surface area contributed by atoms with Gasteiger partial charge in [-0.25, -0.2) is 4.79 Å². The van der Waals surface area contributed by atoms with E-state index >= 15 is 0 Å². The molecule has 31 heavy (non-hydrogen) atoms. The van der Waals surface area contributed by atoms with Crippen LogP contribution in [0, 0.1) is 11.3 Å².